The lowest BCUT2D eigenvalue weighted by Gasteiger charge is -2.14. The molecule has 0 aliphatic carbocycles. The molecule has 1 saturated heterocycles. The maximum absolute atomic E-state index is 14.8. The molecule has 3 N–H and O–H groups in total. The molecule has 2 aromatic heterocycles. The van der Waals surface area contributed by atoms with Gasteiger partial charge in [0.15, 0.2) is 0 Å². The van der Waals surface area contributed by atoms with Gasteiger partial charge in [-0.15, -0.1) is 0 Å². The van der Waals surface area contributed by atoms with Crippen molar-refractivity contribution in [1.29, 1.82) is 0 Å². The van der Waals surface area contributed by atoms with Crippen LogP contribution >= 0.6 is 0 Å². The second-order valence-corrected chi connectivity index (χ2v) is 7.32. The van der Waals surface area contributed by atoms with Crippen LogP contribution in [0.1, 0.15) is 18.3 Å². The fourth-order valence-corrected chi connectivity index (χ4v) is 3.32. The van der Waals surface area contributed by atoms with Crippen LogP contribution in [0.25, 0.3) is 11.1 Å². The molecule has 32 heavy (non-hydrogen) atoms. The molecule has 0 radical (unpaired) electrons. The highest BCUT2D eigenvalue weighted by atomic mass is 19.1. The summed E-state index contributed by atoms with van der Waals surface area (Å²) in [5.74, 6) is -0.681. The molecule has 3 aromatic rings. The first-order valence-corrected chi connectivity index (χ1v) is 10.0. The molecule has 3 heterocycles. The highest BCUT2D eigenvalue weighted by Gasteiger charge is 2.32. The smallest absolute Gasteiger partial charge is 0.414 e. The molecule has 1 fully saturated rings. The summed E-state index contributed by atoms with van der Waals surface area (Å²) in [5.41, 5.74) is 3.00. The number of aromatic amines is 1. The van der Waals surface area contributed by atoms with Gasteiger partial charge in [-0.3, -0.25) is 14.7 Å². The monoisotopic (exact) mass is 439 g/mol. The Morgan fingerprint density at radius 1 is 1.25 bits per heavy atom. The Bertz CT molecular complexity index is 1090. The van der Waals surface area contributed by atoms with E-state index in [0.29, 0.717) is 29.9 Å². The number of rotatable bonds is 8. The molecule has 10 nitrogen and oxygen atoms in total. The number of anilines is 1. The van der Waals surface area contributed by atoms with E-state index in [4.69, 9.17) is 4.74 Å². The van der Waals surface area contributed by atoms with Crippen LogP contribution in [-0.4, -0.2) is 51.6 Å². The summed E-state index contributed by atoms with van der Waals surface area (Å²) in [6, 6.07) is 8.19. The van der Waals surface area contributed by atoms with E-state index in [0.717, 1.165) is 11.4 Å². The van der Waals surface area contributed by atoms with Crippen molar-refractivity contribution in [1.82, 2.24) is 31.0 Å². The zero-order valence-corrected chi connectivity index (χ0v) is 17.3. The van der Waals surface area contributed by atoms with Crippen molar-refractivity contribution in [2.24, 2.45) is 0 Å². The topological polar surface area (TPSA) is 125 Å². The SMILES string of the molecule is CC(=O)NCC1CN(c2ccc(-c3ccc(CNCc4cn[nH]n4)nc3)c(F)c2)C(=O)O1. The van der Waals surface area contributed by atoms with E-state index >= 15 is 0 Å². The van der Waals surface area contributed by atoms with Gasteiger partial charge < -0.3 is 15.4 Å². The van der Waals surface area contributed by atoms with Crippen LogP contribution in [0.5, 0.6) is 0 Å². The van der Waals surface area contributed by atoms with Crippen LogP contribution in [0.2, 0.25) is 0 Å². The Balaban J connectivity index is 1.38. The van der Waals surface area contributed by atoms with Crippen LogP contribution in [0.3, 0.4) is 0 Å². The molecular formula is C21H22FN7O3. The third kappa shape index (κ3) is 5.06. The number of hydrogen-bond acceptors (Lipinski definition) is 7. The van der Waals surface area contributed by atoms with Gasteiger partial charge in [0.2, 0.25) is 5.91 Å². The molecule has 1 aromatic carbocycles. The zero-order chi connectivity index (χ0) is 22.5. The molecule has 1 aliphatic rings. The largest absolute Gasteiger partial charge is 0.442 e. The molecule has 1 aliphatic heterocycles. The predicted molar refractivity (Wildman–Crippen MR) is 113 cm³/mol. The molecule has 2 amide bonds. The molecular weight excluding hydrogens is 417 g/mol. The lowest BCUT2D eigenvalue weighted by molar-refractivity contribution is -0.119. The number of nitrogens with one attached hydrogen (secondary N) is 3. The van der Waals surface area contributed by atoms with Crippen molar-refractivity contribution >= 4 is 17.7 Å². The summed E-state index contributed by atoms with van der Waals surface area (Å²) in [6.07, 6.45) is 2.19. The molecule has 0 saturated carbocycles. The highest BCUT2D eigenvalue weighted by Crippen LogP contribution is 2.28. The van der Waals surface area contributed by atoms with Crippen molar-refractivity contribution in [3.63, 3.8) is 0 Å². The Labute approximate surface area is 183 Å². The van der Waals surface area contributed by atoms with E-state index in [1.54, 1.807) is 30.6 Å². The number of carbonyl (C=O) groups excluding carboxylic acids is 2. The molecule has 0 bridgehead atoms. The molecule has 1 unspecified atom stereocenters. The van der Waals surface area contributed by atoms with Crippen LogP contribution in [0, 0.1) is 5.82 Å². The summed E-state index contributed by atoms with van der Waals surface area (Å²) in [4.78, 5) is 28.9. The van der Waals surface area contributed by atoms with E-state index in [2.05, 4.69) is 31.0 Å². The number of nitrogens with zero attached hydrogens (tertiary/aromatic N) is 4. The van der Waals surface area contributed by atoms with Gasteiger partial charge in [-0.2, -0.15) is 15.4 Å². The van der Waals surface area contributed by atoms with Crippen molar-refractivity contribution in [2.45, 2.75) is 26.1 Å². The number of carbonyl (C=O) groups is 2. The summed E-state index contributed by atoms with van der Waals surface area (Å²) in [6.45, 7) is 2.92. The summed E-state index contributed by atoms with van der Waals surface area (Å²) in [5, 5.41) is 16.1. The first-order valence-electron chi connectivity index (χ1n) is 10.0. The molecule has 166 valence electrons. The third-order valence-electron chi connectivity index (χ3n) is 4.93. The minimum Gasteiger partial charge on any atom is -0.442 e. The molecule has 11 heteroatoms. The fourth-order valence-electron chi connectivity index (χ4n) is 3.32. The Hall–Kier alpha value is -3.86. The van der Waals surface area contributed by atoms with Crippen LogP contribution in [0.15, 0.2) is 42.7 Å². The Morgan fingerprint density at radius 2 is 2.09 bits per heavy atom. The van der Waals surface area contributed by atoms with Gasteiger partial charge in [0.1, 0.15) is 11.9 Å². The fraction of sp³-hybridized carbons (Fsp3) is 0.286. The van der Waals surface area contributed by atoms with Gasteiger partial charge in [-0.25, -0.2) is 9.18 Å². The first-order chi connectivity index (χ1) is 15.5. The summed E-state index contributed by atoms with van der Waals surface area (Å²) < 4.78 is 20.1. The maximum Gasteiger partial charge on any atom is 0.414 e. The van der Waals surface area contributed by atoms with E-state index in [9.17, 15) is 14.0 Å². The second-order valence-electron chi connectivity index (χ2n) is 7.32. The van der Waals surface area contributed by atoms with E-state index in [1.165, 1.54) is 17.9 Å². The molecule has 1 atom stereocenters. The first kappa shape index (κ1) is 21.4. The van der Waals surface area contributed by atoms with Gasteiger partial charge >= 0.3 is 6.09 Å². The minimum absolute atomic E-state index is 0.208. The van der Waals surface area contributed by atoms with Crippen molar-refractivity contribution < 1.29 is 18.7 Å². The number of ether oxygens (including phenoxy) is 1. The summed E-state index contributed by atoms with van der Waals surface area (Å²) >= 11 is 0. The lowest BCUT2D eigenvalue weighted by Crippen LogP contribution is -2.33. The minimum atomic E-state index is -0.573. The standard InChI is InChI=1S/C21H22FN7O3/c1-13(30)24-11-18-12-29(21(31)32-18)17-4-5-19(20(22)6-17)14-2-3-15(25-7-14)8-23-9-16-10-26-28-27-16/h2-7,10,18,23H,8-9,11-12H2,1H3,(H,24,30)(H,26,27,28). The van der Waals surface area contributed by atoms with E-state index < -0.39 is 18.0 Å². The van der Waals surface area contributed by atoms with Crippen LogP contribution < -0.4 is 15.5 Å². The van der Waals surface area contributed by atoms with Crippen LogP contribution in [0.4, 0.5) is 14.9 Å². The molecule has 4 rings (SSSR count). The van der Waals surface area contributed by atoms with Gasteiger partial charge in [0.05, 0.1) is 36.4 Å². The Morgan fingerprint density at radius 3 is 2.78 bits per heavy atom. The van der Waals surface area contributed by atoms with E-state index in [-0.39, 0.29) is 19.0 Å². The maximum atomic E-state index is 14.8. The number of amides is 2. The summed E-state index contributed by atoms with van der Waals surface area (Å²) in [7, 11) is 0. The van der Waals surface area contributed by atoms with Gasteiger partial charge in [-0.1, -0.05) is 6.07 Å². The van der Waals surface area contributed by atoms with Crippen molar-refractivity contribution in [3.8, 4) is 11.1 Å². The number of pyridine rings is 1. The highest BCUT2D eigenvalue weighted by molar-refractivity contribution is 5.90. The van der Waals surface area contributed by atoms with Gasteiger partial charge in [0.25, 0.3) is 0 Å². The van der Waals surface area contributed by atoms with E-state index in [1.807, 2.05) is 6.07 Å². The average molecular weight is 439 g/mol. The number of aromatic nitrogens is 4. The second kappa shape index (κ2) is 9.52. The zero-order valence-electron chi connectivity index (χ0n) is 17.3. The quantitative estimate of drug-likeness (QED) is 0.488. The van der Waals surface area contributed by atoms with Gasteiger partial charge in [-0.05, 0) is 24.3 Å². The van der Waals surface area contributed by atoms with Crippen molar-refractivity contribution in [2.75, 3.05) is 18.0 Å². The Kier molecular flexibility index (Phi) is 6.36. The molecule has 0 spiro atoms. The third-order valence-corrected chi connectivity index (χ3v) is 4.93. The normalized spacial score (nSPS) is 15.6. The van der Waals surface area contributed by atoms with Crippen molar-refractivity contribution in [3.05, 3.63) is 59.9 Å². The number of hydrogen-bond donors (Lipinski definition) is 3. The predicted octanol–water partition coefficient (Wildman–Crippen LogP) is 1.76. The number of halogens is 1. The number of benzene rings is 1. The average Bonchev–Trinajstić information content (AvgIpc) is 3.42. The number of cyclic esters (lactones) is 1. The van der Waals surface area contributed by atoms with Crippen LogP contribution in [-0.2, 0) is 22.6 Å². The number of H-pyrrole nitrogens is 1. The lowest BCUT2D eigenvalue weighted by atomic mass is 10.1. The van der Waals surface area contributed by atoms with Gasteiger partial charge in [0, 0.05) is 37.3 Å².